The smallest absolute Gasteiger partial charge is 0.335 e. The molecule has 2 rings (SSSR count). The van der Waals surface area contributed by atoms with E-state index in [-0.39, 0.29) is 6.10 Å². The zero-order valence-corrected chi connectivity index (χ0v) is 10.8. The maximum Gasteiger partial charge on any atom is 0.335 e. The van der Waals surface area contributed by atoms with Crippen LogP contribution in [0.3, 0.4) is 0 Å². The first-order chi connectivity index (χ1) is 8.12. The summed E-state index contributed by atoms with van der Waals surface area (Å²) in [5.41, 5.74) is -0.867. The Bertz CT molecular complexity index is 261. The summed E-state index contributed by atoms with van der Waals surface area (Å²) in [5.74, 6) is -0.0904. The molecule has 2 aliphatic carbocycles. The molecular weight excluding hydrogens is 216 g/mol. The van der Waals surface area contributed by atoms with Crippen LogP contribution in [0.25, 0.3) is 0 Å². The Morgan fingerprint density at radius 3 is 2.24 bits per heavy atom. The van der Waals surface area contributed by atoms with Crippen LogP contribution in [0.15, 0.2) is 0 Å². The minimum atomic E-state index is -0.867. The van der Waals surface area contributed by atoms with Crippen molar-refractivity contribution in [2.75, 3.05) is 0 Å². The monoisotopic (exact) mass is 240 g/mol. The molecule has 1 N–H and O–H groups in total. The predicted molar refractivity (Wildman–Crippen MR) is 66.0 cm³/mol. The van der Waals surface area contributed by atoms with Crippen molar-refractivity contribution in [3.63, 3.8) is 0 Å². The average Bonchev–Trinajstić information content (AvgIpc) is 2.33. The van der Waals surface area contributed by atoms with Gasteiger partial charge in [0.1, 0.15) is 0 Å². The van der Waals surface area contributed by atoms with Crippen molar-refractivity contribution in [1.29, 1.82) is 0 Å². The summed E-state index contributed by atoms with van der Waals surface area (Å²) in [7, 11) is 0. The van der Waals surface area contributed by atoms with Crippen molar-refractivity contribution in [2.45, 2.75) is 76.4 Å². The van der Waals surface area contributed by atoms with E-state index in [1.54, 1.807) is 0 Å². The number of aliphatic carboxylic acids is 1. The lowest BCUT2D eigenvalue weighted by atomic mass is 9.79. The van der Waals surface area contributed by atoms with E-state index >= 15 is 0 Å². The molecule has 0 unspecified atom stereocenters. The summed E-state index contributed by atoms with van der Waals surface area (Å²) < 4.78 is 6.03. The van der Waals surface area contributed by atoms with Gasteiger partial charge in [-0.05, 0) is 44.4 Å². The number of hydrogen-bond donors (Lipinski definition) is 1. The highest BCUT2D eigenvalue weighted by Crippen LogP contribution is 2.37. The standard InChI is InChI=1S/C14H24O3/c1-11-7-9-14(10-8-11,13(15)16)17-12-5-3-2-4-6-12/h11-12H,2-10H2,1H3,(H,15,16). The minimum absolute atomic E-state index is 0.188. The molecule has 0 heterocycles. The van der Waals surface area contributed by atoms with E-state index in [9.17, 15) is 9.90 Å². The molecule has 0 saturated heterocycles. The number of carbonyl (C=O) groups is 1. The first-order valence-electron chi connectivity index (χ1n) is 7.04. The van der Waals surface area contributed by atoms with Crippen LogP contribution in [0, 0.1) is 5.92 Å². The SMILES string of the molecule is CC1CCC(OC2CCCCC2)(C(=O)O)CC1. The van der Waals surface area contributed by atoms with Crippen LogP contribution < -0.4 is 0 Å². The van der Waals surface area contributed by atoms with Crippen LogP contribution in [0.2, 0.25) is 0 Å². The van der Waals surface area contributed by atoms with Gasteiger partial charge in [0.2, 0.25) is 0 Å². The lowest BCUT2D eigenvalue weighted by Crippen LogP contribution is -2.47. The molecular formula is C14H24O3. The molecule has 0 radical (unpaired) electrons. The zero-order chi connectivity index (χ0) is 12.3. The van der Waals surface area contributed by atoms with Crippen LogP contribution >= 0.6 is 0 Å². The van der Waals surface area contributed by atoms with E-state index < -0.39 is 11.6 Å². The van der Waals surface area contributed by atoms with E-state index in [4.69, 9.17) is 4.74 Å². The van der Waals surface area contributed by atoms with Crippen LogP contribution in [0.1, 0.15) is 64.7 Å². The molecule has 17 heavy (non-hydrogen) atoms. The summed E-state index contributed by atoms with van der Waals surface area (Å²) >= 11 is 0. The Kier molecular flexibility index (Phi) is 4.08. The van der Waals surface area contributed by atoms with Gasteiger partial charge in [0.15, 0.2) is 5.60 Å². The largest absolute Gasteiger partial charge is 0.479 e. The maximum absolute atomic E-state index is 11.5. The summed E-state index contributed by atoms with van der Waals surface area (Å²) in [4.78, 5) is 11.5. The molecule has 0 amide bonds. The van der Waals surface area contributed by atoms with Gasteiger partial charge in [0.05, 0.1) is 6.10 Å². The van der Waals surface area contributed by atoms with Gasteiger partial charge in [0.25, 0.3) is 0 Å². The van der Waals surface area contributed by atoms with Crippen LogP contribution in [-0.4, -0.2) is 22.8 Å². The summed E-state index contributed by atoms with van der Waals surface area (Å²) in [6.45, 7) is 2.20. The number of ether oxygens (including phenoxy) is 1. The summed E-state index contributed by atoms with van der Waals surface area (Å²) in [6, 6.07) is 0. The Labute approximate surface area is 104 Å². The molecule has 2 aliphatic rings. The molecule has 2 fully saturated rings. The highest BCUT2D eigenvalue weighted by Gasteiger charge is 2.44. The minimum Gasteiger partial charge on any atom is -0.479 e. The molecule has 98 valence electrons. The molecule has 0 aromatic rings. The van der Waals surface area contributed by atoms with E-state index in [1.165, 1.54) is 19.3 Å². The van der Waals surface area contributed by atoms with Gasteiger partial charge in [-0.2, -0.15) is 0 Å². The number of carboxylic acid groups (broad SMARTS) is 1. The van der Waals surface area contributed by atoms with Crippen LogP contribution in [-0.2, 0) is 9.53 Å². The topological polar surface area (TPSA) is 46.5 Å². The van der Waals surface area contributed by atoms with E-state index in [2.05, 4.69) is 6.92 Å². The molecule has 0 aromatic heterocycles. The molecule has 0 aliphatic heterocycles. The van der Waals surface area contributed by atoms with Gasteiger partial charge < -0.3 is 9.84 Å². The van der Waals surface area contributed by atoms with Crippen molar-refractivity contribution in [2.24, 2.45) is 5.92 Å². The summed E-state index contributed by atoms with van der Waals surface area (Å²) in [5, 5.41) is 9.48. The zero-order valence-electron chi connectivity index (χ0n) is 10.8. The van der Waals surface area contributed by atoms with Gasteiger partial charge in [0, 0.05) is 0 Å². The molecule has 3 heteroatoms. The molecule has 3 nitrogen and oxygen atoms in total. The number of rotatable bonds is 3. The summed E-state index contributed by atoms with van der Waals surface area (Å²) in [6.07, 6.45) is 9.30. The van der Waals surface area contributed by atoms with E-state index in [0.29, 0.717) is 18.8 Å². The Balaban J connectivity index is 1.98. The van der Waals surface area contributed by atoms with Crippen molar-refractivity contribution in [1.82, 2.24) is 0 Å². The average molecular weight is 240 g/mol. The van der Waals surface area contributed by atoms with Crippen molar-refractivity contribution < 1.29 is 14.6 Å². The van der Waals surface area contributed by atoms with Gasteiger partial charge in [-0.15, -0.1) is 0 Å². The Hall–Kier alpha value is -0.570. The van der Waals surface area contributed by atoms with Gasteiger partial charge in [-0.3, -0.25) is 0 Å². The Morgan fingerprint density at radius 2 is 1.71 bits per heavy atom. The third-order valence-corrected chi connectivity index (χ3v) is 4.42. The van der Waals surface area contributed by atoms with E-state index in [1.807, 2.05) is 0 Å². The quantitative estimate of drug-likeness (QED) is 0.822. The predicted octanol–water partition coefficient (Wildman–Crippen LogP) is 3.37. The van der Waals surface area contributed by atoms with Gasteiger partial charge in [-0.25, -0.2) is 4.79 Å². The molecule has 0 aromatic carbocycles. The highest BCUT2D eigenvalue weighted by molar-refractivity contribution is 5.77. The second-order valence-electron chi connectivity index (χ2n) is 5.86. The first-order valence-corrected chi connectivity index (χ1v) is 7.04. The molecule has 0 spiro atoms. The van der Waals surface area contributed by atoms with Gasteiger partial charge >= 0.3 is 5.97 Å². The van der Waals surface area contributed by atoms with E-state index in [0.717, 1.165) is 25.7 Å². The second-order valence-corrected chi connectivity index (χ2v) is 5.86. The number of carboxylic acids is 1. The number of hydrogen-bond acceptors (Lipinski definition) is 2. The molecule has 2 saturated carbocycles. The second kappa shape index (κ2) is 5.38. The van der Waals surface area contributed by atoms with Crippen LogP contribution in [0.4, 0.5) is 0 Å². The Morgan fingerprint density at radius 1 is 1.12 bits per heavy atom. The lowest BCUT2D eigenvalue weighted by Gasteiger charge is -2.39. The normalized spacial score (nSPS) is 35.7. The fourth-order valence-electron chi connectivity index (χ4n) is 3.11. The first kappa shape index (κ1) is 12.9. The van der Waals surface area contributed by atoms with Crippen molar-refractivity contribution in [3.8, 4) is 0 Å². The van der Waals surface area contributed by atoms with Crippen LogP contribution in [0.5, 0.6) is 0 Å². The van der Waals surface area contributed by atoms with Crippen molar-refractivity contribution >= 4 is 5.97 Å². The fourth-order valence-corrected chi connectivity index (χ4v) is 3.11. The molecule has 0 atom stereocenters. The highest BCUT2D eigenvalue weighted by atomic mass is 16.5. The third kappa shape index (κ3) is 3.01. The third-order valence-electron chi connectivity index (χ3n) is 4.42. The van der Waals surface area contributed by atoms with Crippen molar-refractivity contribution in [3.05, 3.63) is 0 Å². The maximum atomic E-state index is 11.5. The lowest BCUT2D eigenvalue weighted by molar-refractivity contribution is -0.184. The fraction of sp³-hybridized carbons (Fsp3) is 0.929. The van der Waals surface area contributed by atoms with Gasteiger partial charge in [-0.1, -0.05) is 26.2 Å². The molecule has 0 bridgehead atoms.